The van der Waals surface area contributed by atoms with Crippen LogP contribution in [0.3, 0.4) is 0 Å². The first kappa shape index (κ1) is 28.9. The molecule has 0 aliphatic rings. The van der Waals surface area contributed by atoms with Crippen LogP contribution in [0.1, 0.15) is 0 Å². The highest BCUT2D eigenvalue weighted by Crippen LogP contribution is 2.36. The van der Waals surface area contributed by atoms with Crippen molar-refractivity contribution < 1.29 is 31.1 Å². The number of carbonyl (C=O) groups excluding carboxylic acids is 1. The minimum Gasteiger partial charge on any atom is -0.497 e. The number of thiol groups is 1. The van der Waals surface area contributed by atoms with Gasteiger partial charge >= 0.3 is 6.18 Å². The lowest BCUT2D eigenvalue weighted by Gasteiger charge is -2.21. The Kier molecular flexibility index (Phi) is 8.92. The Morgan fingerprint density at radius 2 is 1.75 bits per heavy atom. The average molecular weight is 595 g/mol. The largest absolute Gasteiger partial charge is 0.497 e. The van der Waals surface area contributed by atoms with Crippen molar-refractivity contribution in [2.75, 3.05) is 35.1 Å². The van der Waals surface area contributed by atoms with Crippen LogP contribution in [0.25, 0.3) is 11.0 Å². The number of aromatic nitrogens is 2. The minimum atomic E-state index is -4.47. The van der Waals surface area contributed by atoms with E-state index in [2.05, 4.69) is 20.6 Å². The number of amides is 1. The van der Waals surface area contributed by atoms with E-state index in [0.29, 0.717) is 27.5 Å². The molecule has 0 aliphatic heterocycles. The summed E-state index contributed by atoms with van der Waals surface area (Å²) in [7, 11) is -1.87. The maximum absolute atomic E-state index is 12.6. The molecule has 3 aromatic carbocycles. The smallest absolute Gasteiger partial charge is 0.401 e. The lowest BCUT2D eigenvalue weighted by molar-refractivity contribution is -0.126. The maximum atomic E-state index is 12.6. The quantitative estimate of drug-likeness (QED) is 0.193. The minimum absolute atomic E-state index is 0.0545. The summed E-state index contributed by atoms with van der Waals surface area (Å²) in [5, 5.41) is 7.78. The predicted molar refractivity (Wildman–Crippen MR) is 147 cm³/mol. The van der Waals surface area contributed by atoms with Crippen LogP contribution < -0.4 is 25.0 Å². The van der Waals surface area contributed by atoms with Gasteiger partial charge in [-0.25, -0.2) is 22.7 Å². The number of benzene rings is 3. The molecule has 0 aliphatic carbocycles. The first-order chi connectivity index (χ1) is 19.0. The standard InChI is InChI=1S/C25H22ClF3N6O4S/c1-39-17-9-10-18(26)21(12-17)33-23-24(34-20-8-3-2-7-19(20)32-23)35(40(37)38)16-6-4-5-15(11-16)31-22(36)13-30-14-25(27,28)29/h2-12,30,40H,13-14H2,1H3,(H,31,36)(H,32,33). The van der Waals surface area contributed by atoms with Crippen LogP contribution in [-0.4, -0.2) is 50.7 Å². The van der Waals surface area contributed by atoms with Gasteiger partial charge in [-0.15, -0.1) is 0 Å². The predicted octanol–water partition coefficient (Wildman–Crippen LogP) is 4.79. The van der Waals surface area contributed by atoms with E-state index >= 15 is 0 Å². The van der Waals surface area contributed by atoms with Crippen LogP contribution in [0, 0.1) is 0 Å². The number of carbonyl (C=O) groups is 1. The molecule has 0 saturated carbocycles. The van der Waals surface area contributed by atoms with E-state index in [1.165, 1.54) is 31.4 Å². The fourth-order valence-electron chi connectivity index (χ4n) is 3.61. The Balaban J connectivity index is 1.72. The molecule has 3 N–H and O–H groups in total. The number of hydrogen-bond donors (Lipinski definition) is 4. The summed E-state index contributed by atoms with van der Waals surface area (Å²) in [6, 6.07) is 17.4. The molecule has 1 heterocycles. The van der Waals surface area contributed by atoms with Crippen LogP contribution >= 0.6 is 11.6 Å². The van der Waals surface area contributed by atoms with Gasteiger partial charge in [-0.05, 0) is 42.5 Å². The van der Waals surface area contributed by atoms with Crippen molar-refractivity contribution in [1.82, 2.24) is 15.3 Å². The lowest BCUT2D eigenvalue weighted by Crippen LogP contribution is -2.35. The summed E-state index contributed by atoms with van der Waals surface area (Å²) in [5.41, 5.74) is 1.49. The van der Waals surface area contributed by atoms with Gasteiger partial charge in [-0.2, -0.15) is 13.2 Å². The molecule has 15 heteroatoms. The van der Waals surface area contributed by atoms with Gasteiger partial charge in [0.05, 0.1) is 47.6 Å². The molecule has 0 unspecified atom stereocenters. The molecule has 0 spiro atoms. The molecular weight excluding hydrogens is 573 g/mol. The van der Waals surface area contributed by atoms with Crippen LogP contribution in [0.4, 0.5) is 41.9 Å². The van der Waals surface area contributed by atoms with Crippen LogP contribution in [0.2, 0.25) is 5.02 Å². The summed E-state index contributed by atoms with van der Waals surface area (Å²) in [5.74, 6) is -0.301. The zero-order valence-electron chi connectivity index (χ0n) is 20.7. The third kappa shape index (κ3) is 7.28. The summed E-state index contributed by atoms with van der Waals surface area (Å²) in [6.07, 6.45) is -4.47. The molecule has 0 bridgehead atoms. The van der Waals surface area contributed by atoms with Crippen molar-refractivity contribution in [2.45, 2.75) is 6.18 Å². The van der Waals surface area contributed by atoms with E-state index < -0.39 is 36.1 Å². The second-order valence-corrected chi connectivity index (χ2v) is 9.51. The Labute approximate surface area is 233 Å². The molecule has 0 atom stereocenters. The zero-order valence-corrected chi connectivity index (χ0v) is 22.3. The van der Waals surface area contributed by atoms with Crippen molar-refractivity contribution in [1.29, 1.82) is 0 Å². The van der Waals surface area contributed by atoms with E-state index in [0.717, 1.165) is 4.31 Å². The van der Waals surface area contributed by atoms with E-state index in [-0.39, 0.29) is 23.0 Å². The molecule has 4 aromatic rings. The van der Waals surface area contributed by atoms with Gasteiger partial charge in [0.25, 0.3) is 0 Å². The van der Waals surface area contributed by atoms with Gasteiger partial charge < -0.3 is 20.7 Å². The lowest BCUT2D eigenvalue weighted by atomic mass is 10.2. The molecule has 4 rings (SSSR count). The number of para-hydroxylation sites is 2. The number of halogens is 4. The van der Waals surface area contributed by atoms with Crippen molar-refractivity contribution in [3.05, 3.63) is 71.8 Å². The SMILES string of the molecule is COc1ccc(Cl)c(Nc2nc3ccccc3nc2N(c2cccc(NC(=O)CNCC(F)(F)F)c2)[SH](=O)=O)c1. The first-order valence-corrected chi connectivity index (χ1v) is 13.0. The Morgan fingerprint density at radius 1 is 1.02 bits per heavy atom. The van der Waals surface area contributed by atoms with Gasteiger partial charge in [0.1, 0.15) is 5.75 Å². The van der Waals surface area contributed by atoms with Crippen LogP contribution in [0.5, 0.6) is 5.75 Å². The molecule has 10 nitrogen and oxygen atoms in total. The van der Waals surface area contributed by atoms with Crippen LogP contribution in [-0.2, 0) is 15.7 Å². The summed E-state index contributed by atoms with van der Waals surface area (Å²) in [6.45, 7) is -1.94. The van der Waals surface area contributed by atoms with Crippen molar-refractivity contribution in [3.63, 3.8) is 0 Å². The number of hydrogen-bond acceptors (Lipinski definition) is 8. The highest BCUT2D eigenvalue weighted by Gasteiger charge is 2.26. The molecule has 0 radical (unpaired) electrons. The Hall–Kier alpha value is -4.14. The van der Waals surface area contributed by atoms with E-state index in [4.69, 9.17) is 16.3 Å². The van der Waals surface area contributed by atoms with Gasteiger partial charge in [-0.1, -0.05) is 29.8 Å². The van der Waals surface area contributed by atoms with E-state index in [1.807, 2.05) is 5.32 Å². The third-order valence-electron chi connectivity index (χ3n) is 5.33. The molecular formula is C25H22ClF3N6O4S. The van der Waals surface area contributed by atoms with E-state index in [9.17, 15) is 26.4 Å². The molecule has 0 saturated heterocycles. The number of nitrogens with zero attached hydrogens (tertiary/aromatic N) is 3. The number of rotatable bonds is 10. The Morgan fingerprint density at radius 3 is 2.42 bits per heavy atom. The number of ether oxygens (including phenoxy) is 1. The normalized spacial score (nSPS) is 11.4. The van der Waals surface area contributed by atoms with Gasteiger partial charge in [0.2, 0.25) is 16.8 Å². The topological polar surface area (TPSA) is 126 Å². The number of methoxy groups -OCH3 is 1. The fourth-order valence-corrected chi connectivity index (χ4v) is 4.38. The summed E-state index contributed by atoms with van der Waals surface area (Å²) < 4.78 is 68.4. The number of anilines is 5. The maximum Gasteiger partial charge on any atom is 0.401 e. The highest BCUT2D eigenvalue weighted by atomic mass is 35.5. The molecule has 1 amide bonds. The second-order valence-electron chi connectivity index (χ2n) is 8.22. The highest BCUT2D eigenvalue weighted by molar-refractivity contribution is 7.74. The number of alkyl halides is 3. The fraction of sp³-hybridized carbons (Fsp3) is 0.160. The summed E-state index contributed by atoms with van der Waals surface area (Å²) in [4.78, 5) is 21.2. The molecule has 40 heavy (non-hydrogen) atoms. The van der Waals surface area contributed by atoms with Crippen molar-refractivity contribution in [2.24, 2.45) is 0 Å². The monoisotopic (exact) mass is 594 g/mol. The number of fused-ring (bicyclic) bond motifs is 1. The number of nitrogens with one attached hydrogen (secondary N) is 3. The van der Waals surface area contributed by atoms with Crippen molar-refractivity contribution in [3.8, 4) is 5.75 Å². The second kappa shape index (κ2) is 12.4. The third-order valence-corrected chi connectivity index (χ3v) is 6.40. The van der Waals surface area contributed by atoms with E-state index in [1.54, 1.807) is 42.5 Å². The Bertz CT molecular complexity index is 1610. The first-order valence-electron chi connectivity index (χ1n) is 11.5. The van der Waals surface area contributed by atoms with Gasteiger partial charge in [-0.3, -0.25) is 4.79 Å². The van der Waals surface area contributed by atoms with Crippen LogP contribution in [0.15, 0.2) is 66.7 Å². The molecule has 0 fully saturated rings. The van der Waals surface area contributed by atoms with Crippen molar-refractivity contribution >= 4 is 68.1 Å². The molecule has 210 valence electrons. The molecule has 1 aromatic heterocycles. The van der Waals surface area contributed by atoms with Gasteiger partial charge in [0, 0.05) is 11.8 Å². The van der Waals surface area contributed by atoms with Gasteiger partial charge in [0.15, 0.2) is 11.6 Å². The summed E-state index contributed by atoms with van der Waals surface area (Å²) >= 11 is 6.36. The zero-order chi connectivity index (χ0) is 28.9. The average Bonchev–Trinajstić information content (AvgIpc) is 2.89.